The number of nitrogens with one attached hydrogen (secondary N) is 1. The Labute approximate surface area is 113 Å². The van der Waals surface area contributed by atoms with E-state index >= 15 is 0 Å². The van der Waals surface area contributed by atoms with Gasteiger partial charge in [-0.1, -0.05) is 24.3 Å². The maximum atomic E-state index is 9.75. The van der Waals surface area contributed by atoms with Crippen LogP contribution in [0.5, 0.6) is 0 Å². The van der Waals surface area contributed by atoms with E-state index < -0.39 is 7.25 Å². The van der Waals surface area contributed by atoms with Crippen LogP contribution in [0.25, 0.3) is 0 Å². The first-order valence-corrected chi connectivity index (χ1v) is 6.11. The molecule has 20 heavy (non-hydrogen) atoms. The van der Waals surface area contributed by atoms with Gasteiger partial charge in [-0.3, -0.25) is 0 Å². The molecule has 0 unspecified atom stereocenters. The van der Waals surface area contributed by atoms with Gasteiger partial charge in [-0.05, 0) is 5.56 Å². The number of fused-ring (bicyclic) bond motifs is 3. The van der Waals surface area contributed by atoms with Crippen molar-refractivity contribution >= 4 is 13.2 Å². The zero-order valence-corrected chi connectivity index (χ0v) is 10.8. The molecule has 0 saturated heterocycles. The van der Waals surface area contributed by atoms with Crippen molar-refractivity contribution < 1.29 is 31.7 Å². The van der Waals surface area contributed by atoms with Crippen LogP contribution in [0, 0.1) is 0 Å². The molecular formula is C12H14BF4NO2. The predicted octanol–water partition coefficient (Wildman–Crippen LogP) is 1.11. The topological polar surface area (TPSA) is 32.4 Å². The van der Waals surface area contributed by atoms with Crippen LogP contribution < -0.4 is 4.99 Å². The molecule has 1 aromatic carbocycles. The molecule has 3 rings (SSSR count). The van der Waals surface area contributed by atoms with Gasteiger partial charge in [-0.15, -0.1) is 0 Å². The zero-order valence-electron chi connectivity index (χ0n) is 10.8. The smallest absolute Gasteiger partial charge is 0.450 e. The molecule has 1 aliphatic heterocycles. The second kappa shape index (κ2) is 5.82. The SMILES string of the molecule is COC1=[NH+][C@@H]2c3ccccc3C[C@@H]2OC1.F[B-](F)(F)F. The van der Waals surface area contributed by atoms with Crippen molar-refractivity contribution in [2.24, 2.45) is 0 Å². The Hall–Kier alpha value is -1.57. The fourth-order valence-corrected chi connectivity index (χ4v) is 2.40. The molecule has 2 aliphatic rings. The first-order valence-electron chi connectivity index (χ1n) is 6.11. The minimum atomic E-state index is -6.00. The Morgan fingerprint density at radius 1 is 1.25 bits per heavy atom. The molecule has 1 N–H and O–H groups in total. The van der Waals surface area contributed by atoms with Gasteiger partial charge in [0.15, 0.2) is 6.61 Å². The first kappa shape index (κ1) is 14.8. The quantitative estimate of drug-likeness (QED) is 0.573. The van der Waals surface area contributed by atoms with E-state index in [1.807, 2.05) is 0 Å². The number of benzene rings is 1. The van der Waals surface area contributed by atoms with E-state index in [0.29, 0.717) is 6.61 Å². The maximum absolute atomic E-state index is 9.75. The standard InChI is InChI=1S/C12H13NO2.BF4/c1-14-11-7-15-10-6-8-4-2-3-5-9(8)12(10)13-11;2-1(3,4)5/h2-5,10,12H,6-7H2,1H3;/q;-1/p+1/t10-,12+;/m0./s1. The predicted molar refractivity (Wildman–Crippen MR) is 65.8 cm³/mol. The van der Waals surface area contributed by atoms with E-state index in [9.17, 15) is 17.3 Å². The lowest BCUT2D eigenvalue weighted by atomic mass is 10.1. The number of halogens is 4. The minimum absolute atomic E-state index is 0.265. The van der Waals surface area contributed by atoms with Crippen LogP contribution in [0.2, 0.25) is 0 Å². The number of hydrogen-bond acceptors (Lipinski definition) is 2. The molecule has 8 heteroatoms. The third-order valence-corrected chi connectivity index (χ3v) is 3.17. The second-order valence-electron chi connectivity index (χ2n) is 4.50. The lowest BCUT2D eigenvalue weighted by Gasteiger charge is -2.18. The van der Waals surface area contributed by atoms with Crippen LogP contribution in [0.1, 0.15) is 17.2 Å². The Bertz CT molecular complexity index is 500. The fraction of sp³-hybridized carbons (Fsp3) is 0.417. The number of hydrogen-bond donors (Lipinski definition) is 1. The number of methoxy groups -OCH3 is 1. The van der Waals surface area contributed by atoms with Crippen LogP contribution >= 0.6 is 0 Å². The van der Waals surface area contributed by atoms with Crippen LogP contribution in [0.15, 0.2) is 24.3 Å². The number of rotatable bonds is 0. The van der Waals surface area contributed by atoms with Crippen molar-refractivity contribution in [3.8, 4) is 0 Å². The van der Waals surface area contributed by atoms with E-state index in [4.69, 9.17) is 9.47 Å². The average Bonchev–Trinajstić information content (AvgIpc) is 2.74. The zero-order chi connectivity index (χ0) is 14.8. The van der Waals surface area contributed by atoms with E-state index in [1.165, 1.54) is 11.1 Å². The van der Waals surface area contributed by atoms with E-state index in [0.717, 1.165) is 12.3 Å². The van der Waals surface area contributed by atoms with Crippen molar-refractivity contribution in [2.45, 2.75) is 18.6 Å². The molecular weight excluding hydrogens is 277 g/mol. The molecule has 3 nitrogen and oxygen atoms in total. The van der Waals surface area contributed by atoms with Gasteiger partial charge in [-0.25, -0.2) is 4.99 Å². The third-order valence-electron chi connectivity index (χ3n) is 3.17. The molecule has 1 aliphatic carbocycles. The van der Waals surface area contributed by atoms with Crippen molar-refractivity contribution in [2.75, 3.05) is 13.7 Å². The Balaban J connectivity index is 0.000000257. The highest BCUT2D eigenvalue weighted by Gasteiger charge is 2.41. The molecule has 0 radical (unpaired) electrons. The molecule has 0 saturated carbocycles. The molecule has 0 aromatic heterocycles. The molecule has 0 amide bonds. The summed E-state index contributed by atoms with van der Waals surface area (Å²) in [6, 6.07) is 8.76. The molecule has 1 aromatic rings. The summed E-state index contributed by atoms with van der Waals surface area (Å²) in [6.07, 6.45) is 1.27. The summed E-state index contributed by atoms with van der Waals surface area (Å²) in [5, 5.41) is 0. The summed E-state index contributed by atoms with van der Waals surface area (Å²) in [5.74, 6) is 0.827. The summed E-state index contributed by atoms with van der Waals surface area (Å²) >= 11 is 0. The summed E-state index contributed by atoms with van der Waals surface area (Å²) in [6.45, 7) is 0.561. The molecule has 110 valence electrons. The molecule has 1 heterocycles. The normalized spacial score (nSPS) is 23.9. The van der Waals surface area contributed by atoms with Crippen molar-refractivity contribution in [3.63, 3.8) is 0 Å². The van der Waals surface area contributed by atoms with Crippen LogP contribution in [0.4, 0.5) is 17.3 Å². The lowest BCUT2D eigenvalue weighted by Crippen LogP contribution is -2.80. The highest BCUT2D eigenvalue weighted by molar-refractivity contribution is 6.50. The summed E-state index contributed by atoms with van der Waals surface area (Å²) in [4.78, 5) is 3.39. The van der Waals surface area contributed by atoms with Gasteiger partial charge in [0.05, 0.1) is 7.11 Å². The maximum Gasteiger partial charge on any atom is 0.673 e. The summed E-state index contributed by atoms with van der Waals surface area (Å²) < 4.78 is 50.0. The van der Waals surface area contributed by atoms with Crippen LogP contribution in [-0.4, -0.2) is 33.0 Å². The highest BCUT2D eigenvalue weighted by atomic mass is 19.5. The van der Waals surface area contributed by atoms with E-state index in [1.54, 1.807) is 7.11 Å². The monoisotopic (exact) mass is 291 g/mol. The molecule has 0 spiro atoms. The van der Waals surface area contributed by atoms with E-state index in [-0.39, 0.29) is 12.1 Å². The first-order chi connectivity index (χ1) is 9.38. The second-order valence-corrected chi connectivity index (χ2v) is 4.50. The molecule has 0 fully saturated rings. The van der Waals surface area contributed by atoms with Gasteiger partial charge in [0.25, 0.3) is 0 Å². The third kappa shape index (κ3) is 3.72. The van der Waals surface area contributed by atoms with E-state index in [2.05, 4.69) is 29.3 Å². The van der Waals surface area contributed by atoms with Crippen LogP contribution in [0.3, 0.4) is 0 Å². The van der Waals surface area contributed by atoms with Gasteiger partial charge in [0, 0.05) is 12.0 Å². The van der Waals surface area contributed by atoms with Crippen molar-refractivity contribution in [3.05, 3.63) is 35.4 Å². The van der Waals surface area contributed by atoms with Crippen molar-refractivity contribution in [1.29, 1.82) is 0 Å². The van der Waals surface area contributed by atoms with Gasteiger partial charge >= 0.3 is 13.2 Å². The minimum Gasteiger partial charge on any atom is -0.450 e. The van der Waals surface area contributed by atoms with Gasteiger partial charge in [-0.2, -0.15) is 0 Å². The van der Waals surface area contributed by atoms with Gasteiger partial charge < -0.3 is 26.7 Å². The summed E-state index contributed by atoms with van der Waals surface area (Å²) in [5.41, 5.74) is 2.73. The highest BCUT2D eigenvalue weighted by Crippen LogP contribution is 2.31. The van der Waals surface area contributed by atoms with Crippen molar-refractivity contribution in [1.82, 2.24) is 0 Å². The molecule has 0 bridgehead atoms. The number of ether oxygens (including phenoxy) is 2. The lowest BCUT2D eigenvalue weighted by molar-refractivity contribution is -0.543. The Kier molecular flexibility index (Phi) is 4.32. The molecule has 2 atom stereocenters. The Morgan fingerprint density at radius 3 is 2.55 bits per heavy atom. The summed E-state index contributed by atoms with van der Waals surface area (Å²) in [7, 11) is -4.33. The average molecular weight is 291 g/mol. The van der Waals surface area contributed by atoms with Gasteiger partial charge in [0.2, 0.25) is 6.04 Å². The fourth-order valence-electron chi connectivity index (χ4n) is 2.40. The van der Waals surface area contributed by atoms with Gasteiger partial charge in [0.1, 0.15) is 6.10 Å². The largest absolute Gasteiger partial charge is 0.673 e. The van der Waals surface area contributed by atoms with Crippen LogP contribution in [-0.2, 0) is 15.9 Å². The Morgan fingerprint density at radius 2 is 1.90 bits per heavy atom.